The molecule has 1 unspecified atom stereocenters. The molecule has 0 radical (unpaired) electrons. The summed E-state index contributed by atoms with van der Waals surface area (Å²) in [5.41, 5.74) is 3.30. The molecule has 1 N–H and O–H groups in total. The van der Waals surface area contributed by atoms with Gasteiger partial charge in [0.1, 0.15) is 0 Å². The number of nitrogens with zero attached hydrogens (tertiary/aromatic N) is 1. The molecule has 0 saturated carbocycles. The average molecular weight is 164 g/mol. The average Bonchev–Trinajstić information content (AvgIpc) is 2.37. The first-order valence-corrected chi connectivity index (χ1v) is 3.87. The van der Waals surface area contributed by atoms with E-state index in [0.717, 1.165) is 5.71 Å². The van der Waals surface area contributed by atoms with Gasteiger partial charge in [-0.3, -0.25) is 4.79 Å². The highest BCUT2D eigenvalue weighted by molar-refractivity contribution is 6.08. The summed E-state index contributed by atoms with van der Waals surface area (Å²) >= 11 is 0. The second kappa shape index (κ2) is 3.85. The summed E-state index contributed by atoms with van der Waals surface area (Å²) in [5, 5.41) is 3.90. The molecule has 1 rings (SSSR count). The summed E-state index contributed by atoms with van der Waals surface area (Å²) in [6.07, 6.45) is 4.79. The lowest BCUT2D eigenvalue weighted by Gasteiger charge is -2.04. The van der Waals surface area contributed by atoms with Crippen LogP contribution < -0.4 is 5.43 Å². The minimum atomic E-state index is -0.125. The molecule has 0 aromatic rings. The molecule has 1 heterocycles. The van der Waals surface area contributed by atoms with E-state index in [-0.39, 0.29) is 11.8 Å². The predicted molar refractivity (Wildman–Crippen MR) is 48.7 cm³/mol. The molecule has 12 heavy (non-hydrogen) atoms. The van der Waals surface area contributed by atoms with E-state index in [0.29, 0.717) is 12.8 Å². The molecule has 1 aliphatic heterocycles. The highest BCUT2D eigenvalue weighted by Crippen LogP contribution is 2.14. The number of hydrogen-bond acceptors (Lipinski definition) is 2. The van der Waals surface area contributed by atoms with E-state index in [1.54, 1.807) is 12.2 Å². The van der Waals surface area contributed by atoms with Crippen LogP contribution in [-0.4, -0.2) is 11.6 Å². The van der Waals surface area contributed by atoms with Crippen LogP contribution in [0.4, 0.5) is 0 Å². The number of rotatable bonds is 4. The Kier molecular flexibility index (Phi) is 2.80. The first-order valence-electron chi connectivity index (χ1n) is 3.87. The van der Waals surface area contributed by atoms with Gasteiger partial charge in [0.05, 0.1) is 11.6 Å². The zero-order chi connectivity index (χ0) is 8.97. The van der Waals surface area contributed by atoms with E-state index in [1.807, 2.05) is 0 Å². The third kappa shape index (κ3) is 1.61. The minimum Gasteiger partial charge on any atom is -0.272 e. The van der Waals surface area contributed by atoms with Crippen LogP contribution in [0.15, 0.2) is 30.4 Å². The van der Waals surface area contributed by atoms with E-state index >= 15 is 0 Å². The van der Waals surface area contributed by atoms with Crippen molar-refractivity contribution in [1.29, 1.82) is 0 Å². The first-order chi connectivity index (χ1) is 5.79. The van der Waals surface area contributed by atoms with Gasteiger partial charge < -0.3 is 0 Å². The SMILES string of the molecule is C=CCC1=NNC(=O)C1CC=C. The van der Waals surface area contributed by atoms with Gasteiger partial charge in [-0.15, -0.1) is 13.2 Å². The fourth-order valence-electron chi connectivity index (χ4n) is 1.18. The van der Waals surface area contributed by atoms with E-state index in [1.165, 1.54) is 0 Å². The van der Waals surface area contributed by atoms with Gasteiger partial charge >= 0.3 is 0 Å². The lowest BCUT2D eigenvalue weighted by molar-refractivity contribution is -0.122. The quantitative estimate of drug-likeness (QED) is 0.624. The maximum atomic E-state index is 11.1. The largest absolute Gasteiger partial charge is 0.272 e. The molecule has 0 aliphatic carbocycles. The molecular weight excluding hydrogens is 152 g/mol. The highest BCUT2D eigenvalue weighted by Gasteiger charge is 2.27. The number of allylic oxidation sites excluding steroid dienone is 2. The molecule has 1 aliphatic rings. The maximum absolute atomic E-state index is 11.1. The second-order valence-corrected chi connectivity index (χ2v) is 2.65. The molecule has 0 spiro atoms. The summed E-state index contributed by atoms with van der Waals surface area (Å²) < 4.78 is 0. The Balaban J connectivity index is 2.66. The third-order valence-corrected chi connectivity index (χ3v) is 1.78. The van der Waals surface area contributed by atoms with E-state index in [2.05, 4.69) is 23.7 Å². The fourth-order valence-corrected chi connectivity index (χ4v) is 1.18. The van der Waals surface area contributed by atoms with E-state index in [4.69, 9.17) is 0 Å². The molecule has 64 valence electrons. The molecule has 1 amide bonds. The molecule has 0 aromatic carbocycles. The molecule has 0 bridgehead atoms. The molecular formula is C9H12N2O. The summed E-state index contributed by atoms with van der Waals surface area (Å²) in [6.45, 7) is 7.19. The zero-order valence-corrected chi connectivity index (χ0v) is 6.92. The lowest BCUT2D eigenvalue weighted by Crippen LogP contribution is -2.22. The number of hydrogen-bond donors (Lipinski definition) is 1. The van der Waals surface area contributed by atoms with Crippen molar-refractivity contribution in [2.75, 3.05) is 0 Å². The number of nitrogens with one attached hydrogen (secondary N) is 1. The zero-order valence-electron chi connectivity index (χ0n) is 6.92. The molecule has 0 aromatic heterocycles. The Hall–Kier alpha value is -1.38. The van der Waals surface area contributed by atoms with Gasteiger partial charge in [-0.25, -0.2) is 5.43 Å². The number of carbonyl (C=O) groups is 1. The molecule has 1 atom stereocenters. The van der Waals surface area contributed by atoms with E-state index in [9.17, 15) is 4.79 Å². The van der Waals surface area contributed by atoms with Gasteiger partial charge in [0.25, 0.3) is 0 Å². The van der Waals surface area contributed by atoms with Crippen LogP contribution in [0.5, 0.6) is 0 Å². The lowest BCUT2D eigenvalue weighted by atomic mass is 9.97. The van der Waals surface area contributed by atoms with Crippen molar-refractivity contribution in [3.8, 4) is 0 Å². The smallest absolute Gasteiger partial charge is 0.249 e. The normalized spacial score (nSPS) is 21.5. The summed E-state index contributed by atoms with van der Waals surface area (Å²) in [4.78, 5) is 11.1. The van der Waals surface area contributed by atoms with Crippen LogP contribution in [0.1, 0.15) is 12.8 Å². The monoisotopic (exact) mass is 164 g/mol. The summed E-state index contributed by atoms with van der Waals surface area (Å²) in [6, 6.07) is 0. The topological polar surface area (TPSA) is 41.5 Å². The van der Waals surface area contributed by atoms with Gasteiger partial charge in [-0.2, -0.15) is 5.10 Å². The van der Waals surface area contributed by atoms with Crippen LogP contribution in [0.2, 0.25) is 0 Å². The van der Waals surface area contributed by atoms with Gasteiger partial charge in [0.15, 0.2) is 0 Å². The van der Waals surface area contributed by atoms with Crippen molar-refractivity contribution in [1.82, 2.24) is 5.43 Å². The Morgan fingerprint density at radius 3 is 2.83 bits per heavy atom. The molecule has 0 saturated heterocycles. The van der Waals surface area contributed by atoms with Crippen LogP contribution >= 0.6 is 0 Å². The van der Waals surface area contributed by atoms with Crippen molar-refractivity contribution >= 4 is 11.6 Å². The van der Waals surface area contributed by atoms with Crippen molar-refractivity contribution in [2.24, 2.45) is 11.0 Å². The van der Waals surface area contributed by atoms with Gasteiger partial charge in [0.2, 0.25) is 5.91 Å². The van der Waals surface area contributed by atoms with Crippen molar-refractivity contribution < 1.29 is 4.79 Å². The predicted octanol–water partition coefficient (Wildman–Crippen LogP) is 1.24. The fraction of sp³-hybridized carbons (Fsp3) is 0.333. The van der Waals surface area contributed by atoms with Crippen LogP contribution in [0, 0.1) is 5.92 Å². The number of amides is 1. The Morgan fingerprint density at radius 2 is 2.25 bits per heavy atom. The van der Waals surface area contributed by atoms with Crippen LogP contribution in [0.3, 0.4) is 0 Å². The Labute approximate surface area is 71.9 Å². The molecule has 3 heteroatoms. The van der Waals surface area contributed by atoms with Gasteiger partial charge in [-0.1, -0.05) is 12.2 Å². The first kappa shape index (κ1) is 8.71. The Bertz CT molecular complexity index is 243. The highest BCUT2D eigenvalue weighted by atomic mass is 16.2. The van der Waals surface area contributed by atoms with Crippen LogP contribution in [-0.2, 0) is 4.79 Å². The maximum Gasteiger partial charge on any atom is 0.249 e. The van der Waals surface area contributed by atoms with Gasteiger partial charge in [-0.05, 0) is 6.42 Å². The summed E-state index contributed by atoms with van der Waals surface area (Å²) in [7, 11) is 0. The molecule has 3 nitrogen and oxygen atoms in total. The number of carbonyl (C=O) groups excluding carboxylic acids is 1. The standard InChI is InChI=1S/C9H12N2O/c1-3-5-7-8(6-4-2)10-11-9(7)12/h3-4,7H,1-2,5-6H2,(H,11,12). The second-order valence-electron chi connectivity index (χ2n) is 2.65. The number of hydrazone groups is 1. The van der Waals surface area contributed by atoms with E-state index < -0.39 is 0 Å². The summed E-state index contributed by atoms with van der Waals surface area (Å²) in [5.74, 6) is -0.160. The van der Waals surface area contributed by atoms with Crippen LogP contribution in [0.25, 0.3) is 0 Å². The van der Waals surface area contributed by atoms with Crippen molar-refractivity contribution in [3.63, 3.8) is 0 Å². The minimum absolute atomic E-state index is 0.0354. The third-order valence-electron chi connectivity index (χ3n) is 1.78. The Morgan fingerprint density at radius 1 is 1.50 bits per heavy atom. The van der Waals surface area contributed by atoms with Crippen molar-refractivity contribution in [2.45, 2.75) is 12.8 Å². The van der Waals surface area contributed by atoms with Gasteiger partial charge in [0, 0.05) is 6.42 Å². The molecule has 0 fully saturated rings. The van der Waals surface area contributed by atoms with Crippen molar-refractivity contribution in [3.05, 3.63) is 25.3 Å².